The standard InChI is InChI=1S/C10H16O/c1-5-7-9(11)8-10(3,4)6-2/h1,6,9,11H,2,7-8H2,3-4H3/t9-/m1/s1. The first kappa shape index (κ1) is 10.3. The number of rotatable bonds is 4. The lowest BCUT2D eigenvalue weighted by molar-refractivity contribution is 0.136. The minimum atomic E-state index is -0.395. The van der Waals surface area contributed by atoms with E-state index in [-0.39, 0.29) is 5.41 Å². The summed E-state index contributed by atoms with van der Waals surface area (Å²) in [5.41, 5.74) is -0.0176. The predicted molar refractivity (Wildman–Crippen MR) is 48.1 cm³/mol. The van der Waals surface area contributed by atoms with Gasteiger partial charge in [-0.15, -0.1) is 18.9 Å². The van der Waals surface area contributed by atoms with Gasteiger partial charge in [0.25, 0.3) is 0 Å². The molecule has 1 atom stereocenters. The molecule has 0 heterocycles. The van der Waals surface area contributed by atoms with Crippen molar-refractivity contribution in [3.8, 4) is 12.3 Å². The van der Waals surface area contributed by atoms with Gasteiger partial charge in [-0.2, -0.15) is 0 Å². The van der Waals surface area contributed by atoms with Crippen LogP contribution in [0.2, 0.25) is 0 Å². The summed E-state index contributed by atoms with van der Waals surface area (Å²) in [5.74, 6) is 2.43. The highest BCUT2D eigenvalue weighted by Crippen LogP contribution is 2.23. The average Bonchev–Trinajstić information content (AvgIpc) is 1.87. The van der Waals surface area contributed by atoms with E-state index in [4.69, 9.17) is 6.42 Å². The molecule has 11 heavy (non-hydrogen) atoms. The zero-order valence-corrected chi connectivity index (χ0v) is 7.30. The second-order valence-electron chi connectivity index (χ2n) is 3.46. The number of terminal acetylenes is 1. The van der Waals surface area contributed by atoms with Gasteiger partial charge in [-0.05, 0) is 11.8 Å². The number of aliphatic hydroxyl groups excluding tert-OH is 1. The molecule has 1 nitrogen and oxygen atoms in total. The molecule has 0 unspecified atom stereocenters. The van der Waals surface area contributed by atoms with Crippen LogP contribution in [0.5, 0.6) is 0 Å². The summed E-state index contributed by atoms with van der Waals surface area (Å²) < 4.78 is 0. The van der Waals surface area contributed by atoms with Crippen LogP contribution in [0.25, 0.3) is 0 Å². The van der Waals surface area contributed by atoms with E-state index >= 15 is 0 Å². The third-order valence-electron chi connectivity index (χ3n) is 1.67. The third-order valence-corrected chi connectivity index (χ3v) is 1.67. The summed E-state index contributed by atoms with van der Waals surface area (Å²) in [6, 6.07) is 0. The summed E-state index contributed by atoms with van der Waals surface area (Å²) in [5, 5.41) is 9.33. The lowest BCUT2D eigenvalue weighted by Crippen LogP contribution is -2.17. The number of allylic oxidation sites excluding steroid dienone is 1. The van der Waals surface area contributed by atoms with Crippen molar-refractivity contribution in [3.63, 3.8) is 0 Å². The van der Waals surface area contributed by atoms with Crippen LogP contribution in [0.1, 0.15) is 26.7 Å². The smallest absolute Gasteiger partial charge is 0.0657 e. The molecule has 0 saturated carbocycles. The van der Waals surface area contributed by atoms with E-state index < -0.39 is 6.10 Å². The fourth-order valence-corrected chi connectivity index (χ4v) is 0.899. The average molecular weight is 152 g/mol. The Morgan fingerprint density at radius 1 is 1.73 bits per heavy atom. The highest BCUT2D eigenvalue weighted by molar-refractivity contribution is 4.93. The van der Waals surface area contributed by atoms with Crippen LogP contribution in [0.4, 0.5) is 0 Å². The molecular formula is C10H16O. The van der Waals surface area contributed by atoms with Gasteiger partial charge in [0.1, 0.15) is 0 Å². The Morgan fingerprint density at radius 3 is 2.64 bits per heavy atom. The van der Waals surface area contributed by atoms with Crippen molar-refractivity contribution in [1.29, 1.82) is 0 Å². The highest BCUT2D eigenvalue weighted by Gasteiger charge is 2.17. The van der Waals surface area contributed by atoms with Crippen LogP contribution in [0.15, 0.2) is 12.7 Å². The molecule has 0 rings (SSSR count). The van der Waals surface area contributed by atoms with Gasteiger partial charge in [0, 0.05) is 6.42 Å². The molecule has 0 bridgehead atoms. The Labute approximate surface area is 69.1 Å². The molecule has 62 valence electrons. The molecule has 0 aliphatic heterocycles. The van der Waals surface area contributed by atoms with E-state index in [2.05, 4.69) is 12.5 Å². The first-order chi connectivity index (χ1) is 5.02. The van der Waals surface area contributed by atoms with Crippen molar-refractivity contribution < 1.29 is 5.11 Å². The van der Waals surface area contributed by atoms with Crippen molar-refractivity contribution >= 4 is 0 Å². The molecule has 0 aliphatic carbocycles. The first-order valence-corrected chi connectivity index (χ1v) is 3.77. The zero-order chi connectivity index (χ0) is 8.91. The van der Waals surface area contributed by atoms with Crippen LogP contribution >= 0.6 is 0 Å². The third kappa shape index (κ3) is 4.64. The Balaban J connectivity index is 3.84. The van der Waals surface area contributed by atoms with E-state index in [1.54, 1.807) is 0 Å². The molecule has 0 fully saturated rings. The summed E-state index contributed by atoms with van der Waals surface area (Å²) >= 11 is 0. The first-order valence-electron chi connectivity index (χ1n) is 3.77. The topological polar surface area (TPSA) is 20.2 Å². The van der Waals surface area contributed by atoms with Gasteiger partial charge < -0.3 is 5.11 Å². The predicted octanol–water partition coefficient (Wildman–Crippen LogP) is 1.97. The summed E-state index contributed by atoms with van der Waals surface area (Å²) in [6.07, 6.45) is 7.61. The van der Waals surface area contributed by atoms with Crippen molar-refractivity contribution in [3.05, 3.63) is 12.7 Å². The lowest BCUT2D eigenvalue weighted by Gasteiger charge is -2.22. The molecule has 0 aromatic heterocycles. The van der Waals surface area contributed by atoms with Gasteiger partial charge in [-0.25, -0.2) is 0 Å². The minimum Gasteiger partial charge on any atom is -0.392 e. The van der Waals surface area contributed by atoms with Crippen molar-refractivity contribution in [2.45, 2.75) is 32.8 Å². The van der Waals surface area contributed by atoms with Crippen LogP contribution in [-0.2, 0) is 0 Å². The van der Waals surface area contributed by atoms with Crippen LogP contribution in [0.3, 0.4) is 0 Å². The van der Waals surface area contributed by atoms with Gasteiger partial charge in [0.05, 0.1) is 6.10 Å². The van der Waals surface area contributed by atoms with E-state index in [1.165, 1.54) is 0 Å². The molecule has 0 saturated heterocycles. The molecular weight excluding hydrogens is 136 g/mol. The molecule has 0 aromatic rings. The van der Waals surface area contributed by atoms with E-state index in [0.717, 1.165) is 0 Å². The Morgan fingerprint density at radius 2 is 2.27 bits per heavy atom. The van der Waals surface area contributed by atoms with Gasteiger partial charge in [0.15, 0.2) is 0 Å². The summed E-state index contributed by atoms with van der Waals surface area (Å²) in [6.45, 7) is 7.74. The molecule has 1 heteroatoms. The monoisotopic (exact) mass is 152 g/mol. The van der Waals surface area contributed by atoms with E-state index in [9.17, 15) is 5.11 Å². The minimum absolute atomic E-state index is 0.0176. The van der Waals surface area contributed by atoms with Crippen LogP contribution in [-0.4, -0.2) is 11.2 Å². The largest absolute Gasteiger partial charge is 0.392 e. The Hall–Kier alpha value is -0.740. The van der Waals surface area contributed by atoms with E-state index in [0.29, 0.717) is 12.8 Å². The fraction of sp³-hybridized carbons (Fsp3) is 0.600. The zero-order valence-electron chi connectivity index (χ0n) is 7.30. The number of aliphatic hydroxyl groups is 1. The van der Waals surface area contributed by atoms with Gasteiger partial charge in [-0.1, -0.05) is 19.9 Å². The van der Waals surface area contributed by atoms with Crippen molar-refractivity contribution in [2.75, 3.05) is 0 Å². The normalized spacial score (nSPS) is 13.6. The molecule has 0 aromatic carbocycles. The van der Waals surface area contributed by atoms with Gasteiger partial charge in [0.2, 0.25) is 0 Å². The lowest BCUT2D eigenvalue weighted by atomic mass is 9.86. The van der Waals surface area contributed by atoms with Gasteiger partial charge in [-0.3, -0.25) is 0 Å². The molecule has 1 N–H and O–H groups in total. The molecule has 0 amide bonds. The maximum Gasteiger partial charge on any atom is 0.0657 e. The summed E-state index contributed by atoms with van der Waals surface area (Å²) in [7, 11) is 0. The van der Waals surface area contributed by atoms with Crippen molar-refractivity contribution in [1.82, 2.24) is 0 Å². The number of hydrogen-bond acceptors (Lipinski definition) is 1. The van der Waals surface area contributed by atoms with Crippen molar-refractivity contribution in [2.24, 2.45) is 5.41 Å². The second kappa shape index (κ2) is 4.20. The Bertz CT molecular complexity index is 162. The molecule has 0 radical (unpaired) electrons. The maximum atomic E-state index is 9.33. The molecule has 0 spiro atoms. The quantitative estimate of drug-likeness (QED) is 0.482. The van der Waals surface area contributed by atoms with E-state index in [1.807, 2.05) is 19.9 Å². The maximum absolute atomic E-state index is 9.33. The fourth-order valence-electron chi connectivity index (χ4n) is 0.899. The number of hydrogen-bond donors (Lipinski definition) is 1. The SMILES string of the molecule is C#CC[C@@H](O)CC(C)(C)C=C. The van der Waals surface area contributed by atoms with Crippen LogP contribution < -0.4 is 0 Å². The van der Waals surface area contributed by atoms with Crippen LogP contribution in [0, 0.1) is 17.8 Å². The second-order valence-corrected chi connectivity index (χ2v) is 3.46. The Kier molecular flexibility index (Phi) is 3.92. The molecule has 0 aliphatic rings. The highest BCUT2D eigenvalue weighted by atomic mass is 16.3. The summed E-state index contributed by atoms with van der Waals surface area (Å²) in [4.78, 5) is 0. The van der Waals surface area contributed by atoms with Gasteiger partial charge >= 0.3 is 0 Å².